The third-order valence-electron chi connectivity index (χ3n) is 1.50. The zero-order chi connectivity index (χ0) is 6.04. The molecule has 1 rings (SSSR count). The maximum atomic E-state index is 8.40. The molecular weight excluding hydrogens is 104 g/mol. The van der Waals surface area contributed by atoms with Gasteiger partial charge in [-0.25, -0.2) is 0 Å². The van der Waals surface area contributed by atoms with Gasteiger partial charge >= 0.3 is 0 Å². The summed E-state index contributed by atoms with van der Waals surface area (Å²) in [5.74, 6) is 0. The van der Waals surface area contributed by atoms with Crippen LogP contribution in [-0.2, 0) is 4.74 Å². The smallest absolute Gasteiger partial charge is 0.0889 e. The highest BCUT2D eigenvalue weighted by Crippen LogP contribution is 2.30. The van der Waals surface area contributed by atoms with E-state index in [9.17, 15) is 0 Å². The molecule has 2 heteroatoms. The molecular formula is C6H12O2. The minimum atomic E-state index is 0.142. The quantitative estimate of drug-likeness (QED) is 0.546. The minimum Gasteiger partial charge on any atom is -0.396 e. The number of aliphatic hydroxyl groups excluding tert-OH is 1. The number of rotatable bonds is 3. The second-order valence-electron chi connectivity index (χ2n) is 2.57. The van der Waals surface area contributed by atoms with Gasteiger partial charge in [0, 0.05) is 6.61 Å². The summed E-state index contributed by atoms with van der Waals surface area (Å²) in [5, 5.41) is 8.40. The number of epoxide rings is 1. The third-order valence-corrected chi connectivity index (χ3v) is 1.50. The molecule has 1 atom stereocenters. The van der Waals surface area contributed by atoms with Crippen molar-refractivity contribution in [3.8, 4) is 0 Å². The van der Waals surface area contributed by atoms with Crippen molar-refractivity contribution in [2.24, 2.45) is 0 Å². The van der Waals surface area contributed by atoms with Crippen LogP contribution < -0.4 is 0 Å². The zero-order valence-electron chi connectivity index (χ0n) is 5.18. The Hall–Kier alpha value is -0.0800. The molecule has 0 spiro atoms. The largest absolute Gasteiger partial charge is 0.396 e. The lowest BCUT2D eigenvalue weighted by atomic mass is 10.1. The Balaban J connectivity index is 2.01. The Morgan fingerprint density at radius 2 is 2.38 bits per heavy atom. The van der Waals surface area contributed by atoms with Gasteiger partial charge in [-0.05, 0) is 19.8 Å². The van der Waals surface area contributed by atoms with Crippen molar-refractivity contribution in [1.82, 2.24) is 0 Å². The van der Waals surface area contributed by atoms with Crippen molar-refractivity contribution in [2.75, 3.05) is 13.2 Å². The SMILES string of the molecule is CC1(CCCO)CO1. The fourth-order valence-corrected chi connectivity index (χ4v) is 0.721. The lowest BCUT2D eigenvalue weighted by Crippen LogP contribution is -2.04. The van der Waals surface area contributed by atoms with Crippen LogP contribution >= 0.6 is 0 Å². The molecule has 48 valence electrons. The van der Waals surface area contributed by atoms with Gasteiger partial charge in [-0.2, -0.15) is 0 Å². The van der Waals surface area contributed by atoms with Crippen molar-refractivity contribution < 1.29 is 9.84 Å². The second kappa shape index (κ2) is 2.03. The van der Waals surface area contributed by atoms with E-state index in [1.165, 1.54) is 0 Å². The van der Waals surface area contributed by atoms with Crippen molar-refractivity contribution in [3.63, 3.8) is 0 Å². The zero-order valence-corrected chi connectivity index (χ0v) is 5.18. The summed E-state index contributed by atoms with van der Waals surface area (Å²) in [6, 6.07) is 0. The maximum Gasteiger partial charge on any atom is 0.0889 e. The second-order valence-corrected chi connectivity index (χ2v) is 2.57. The van der Waals surface area contributed by atoms with Crippen LogP contribution in [0.3, 0.4) is 0 Å². The first-order chi connectivity index (χ1) is 3.77. The normalized spacial score (nSPS) is 35.2. The van der Waals surface area contributed by atoms with Crippen LogP contribution in [0, 0.1) is 0 Å². The topological polar surface area (TPSA) is 32.8 Å². The molecule has 0 aromatic carbocycles. The summed E-state index contributed by atoms with van der Waals surface area (Å²) in [7, 11) is 0. The molecule has 0 aliphatic carbocycles. The highest BCUT2D eigenvalue weighted by Gasteiger charge is 2.37. The molecule has 0 saturated carbocycles. The van der Waals surface area contributed by atoms with Gasteiger partial charge in [0.2, 0.25) is 0 Å². The number of hydrogen-bond donors (Lipinski definition) is 1. The predicted molar refractivity (Wildman–Crippen MR) is 30.7 cm³/mol. The first kappa shape index (κ1) is 6.05. The standard InChI is InChI=1S/C6H12O2/c1-6(5-8-6)3-2-4-7/h7H,2-5H2,1H3. The molecule has 0 aromatic heterocycles. The highest BCUT2D eigenvalue weighted by atomic mass is 16.6. The van der Waals surface area contributed by atoms with E-state index in [2.05, 4.69) is 6.92 Å². The van der Waals surface area contributed by atoms with Gasteiger partial charge in [-0.1, -0.05) is 0 Å². The number of ether oxygens (including phenoxy) is 1. The van der Waals surface area contributed by atoms with E-state index >= 15 is 0 Å². The lowest BCUT2D eigenvalue weighted by molar-refractivity contribution is 0.247. The van der Waals surface area contributed by atoms with Gasteiger partial charge < -0.3 is 9.84 Å². The van der Waals surface area contributed by atoms with Gasteiger partial charge in [0.15, 0.2) is 0 Å². The van der Waals surface area contributed by atoms with E-state index in [4.69, 9.17) is 9.84 Å². The molecule has 1 aliphatic heterocycles. The first-order valence-corrected chi connectivity index (χ1v) is 3.02. The Kier molecular flexibility index (Phi) is 1.54. The maximum absolute atomic E-state index is 8.40. The van der Waals surface area contributed by atoms with Gasteiger partial charge in [-0.3, -0.25) is 0 Å². The Labute approximate surface area is 49.5 Å². The molecule has 2 nitrogen and oxygen atoms in total. The van der Waals surface area contributed by atoms with E-state index in [0.717, 1.165) is 19.4 Å². The highest BCUT2D eigenvalue weighted by molar-refractivity contribution is 4.85. The van der Waals surface area contributed by atoms with E-state index in [1.54, 1.807) is 0 Å². The molecule has 1 saturated heterocycles. The summed E-state index contributed by atoms with van der Waals surface area (Å²) >= 11 is 0. The molecule has 0 bridgehead atoms. The minimum absolute atomic E-state index is 0.142. The Morgan fingerprint density at radius 3 is 2.75 bits per heavy atom. The molecule has 0 aromatic rings. The molecule has 1 unspecified atom stereocenters. The van der Waals surface area contributed by atoms with Crippen molar-refractivity contribution >= 4 is 0 Å². The number of hydrogen-bond acceptors (Lipinski definition) is 2. The molecule has 0 radical (unpaired) electrons. The van der Waals surface area contributed by atoms with Crippen LogP contribution in [0.1, 0.15) is 19.8 Å². The van der Waals surface area contributed by atoms with Gasteiger partial charge in [0.25, 0.3) is 0 Å². The van der Waals surface area contributed by atoms with E-state index in [1.807, 2.05) is 0 Å². The van der Waals surface area contributed by atoms with Crippen molar-refractivity contribution in [3.05, 3.63) is 0 Å². The molecule has 8 heavy (non-hydrogen) atoms. The van der Waals surface area contributed by atoms with Crippen LogP contribution in [0.4, 0.5) is 0 Å². The number of aliphatic hydroxyl groups is 1. The Morgan fingerprint density at radius 1 is 1.75 bits per heavy atom. The predicted octanol–water partition coefficient (Wildman–Crippen LogP) is 0.548. The summed E-state index contributed by atoms with van der Waals surface area (Å²) in [5.41, 5.74) is 0.142. The summed E-state index contributed by atoms with van der Waals surface area (Å²) in [6.07, 6.45) is 1.88. The summed E-state index contributed by atoms with van der Waals surface area (Å²) in [4.78, 5) is 0. The molecule has 1 heterocycles. The van der Waals surface area contributed by atoms with Crippen LogP contribution in [-0.4, -0.2) is 23.9 Å². The molecule has 0 amide bonds. The monoisotopic (exact) mass is 116 g/mol. The molecule has 1 fully saturated rings. The van der Waals surface area contributed by atoms with Gasteiger partial charge in [-0.15, -0.1) is 0 Å². The van der Waals surface area contributed by atoms with Crippen LogP contribution in [0.25, 0.3) is 0 Å². The van der Waals surface area contributed by atoms with Crippen LogP contribution in [0.15, 0.2) is 0 Å². The van der Waals surface area contributed by atoms with Gasteiger partial charge in [0.1, 0.15) is 0 Å². The van der Waals surface area contributed by atoms with E-state index in [0.29, 0.717) is 6.61 Å². The molecule has 1 N–H and O–H groups in total. The fraction of sp³-hybridized carbons (Fsp3) is 1.00. The Bertz CT molecular complexity index is 76.6. The average Bonchev–Trinajstić information content (AvgIpc) is 2.45. The van der Waals surface area contributed by atoms with Gasteiger partial charge in [0.05, 0.1) is 12.2 Å². The van der Waals surface area contributed by atoms with Crippen LogP contribution in [0.2, 0.25) is 0 Å². The van der Waals surface area contributed by atoms with Crippen molar-refractivity contribution in [2.45, 2.75) is 25.4 Å². The fourth-order valence-electron chi connectivity index (χ4n) is 0.721. The summed E-state index contributed by atoms with van der Waals surface area (Å²) < 4.78 is 5.09. The average molecular weight is 116 g/mol. The van der Waals surface area contributed by atoms with Crippen molar-refractivity contribution in [1.29, 1.82) is 0 Å². The lowest BCUT2D eigenvalue weighted by Gasteiger charge is -1.99. The molecule has 1 aliphatic rings. The van der Waals surface area contributed by atoms with Crippen LogP contribution in [0.5, 0.6) is 0 Å². The van der Waals surface area contributed by atoms with E-state index in [-0.39, 0.29) is 5.60 Å². The third kappa shape index (κ3) is 1.46. The summed E-state index contributed by atoms with van der Waals surface area (Å²) in [6.45, 7) is 3.24. The van der Waals surface area contributed by atoms with E-state index < -0.39 is 0 Å². The first-order valence-electron chi connectivity index (χ1n) is 3.02.